The van der Waals surface area contributed by atoms with E-state index in [0.29, 0.717) is 23.5 Å². The van der Waals surface area contributed by atoms with Crippen molar-refractivity contribution in [2.45, 2.75) is 19.0 Å². The highest BCUT2D eigenvalue weighted by Gasteiger charge is 2.35. The molecule has 1 saturated heterocycles. The van der Waals surface area contributed by atoms with Crippen LogP contribution in [0.2, 0.25) is 0 Å². The van der Waals surface area contributed by atoms with Gasteiger partial charge in [-0.15, -0.1) is 0 Å². The van der Waals surface area contributed by atoms with Gasteiger partial charge in [-0.2, -0.15) is 0 Å². The lowest BCUT2D eigenvalue weighted by molar-refractivity contribution is -0.384. The molecule has 1 aliphatic rings. The first kappa shape index (κ1) is 21.7. The number of sulfone groups is 1. The second-order valence-electron chi connectivity index (χ2n) is 7.57. The number of halogens is 1. The van der Waals surface area contributed by atoms with Crippen LogP contribution >= 0.6 is 0 Å². The molecule has 3 aromatic rings. The van der Waals surface area contributed by atoms with Crippen molar-refractivity contribution in [3.63, 3.8) is 0 Å². The van der Waals surface area contributed by atoms with Crippen molar-refractivity contribution in [1.82, 2.24) is 4.90 Å². The van der Waals surface area contributed by atoms with Gasteiger partial charge >= 0.3 is 0 Å². The summed E-state index contributed by atoms with van der Waals surface area (Å²) in [4.78, 5) is 25.0. The first-order valence-electron chi connectivity index (χ1n) is 9.82. The normalized spacial score (nSPS) is 17.2. The maximum Gasteiger partial charge on any atom is 0.269 e. The van der Waals surface area contributed by atoms with Gasteiger partial charge in [-0.05, 0) is 55.0 Å². The van der Waals surface area contributed by atoms with E-state index < -0.39 is 26.7 Å². The van der Waals surface area contributed by atoms with E-state index in [1.165, 1.54) is 41.3 Å². The Bertz CT molecular complexity index is 1250. The molecule has 1 atom stereocenters. The van der Waals surface area contributed by atoms with Crippen molar-refractivity contribution in [2.75, 3.05) is 11.5 Å². The fraction of sp³-hybridized carbons (Fsp3) is 0.227. The van der Waals surface area contributed by atoms with Gasteiger partial charge in [-0.3, -0.25) is 14.9 Å². The summed E-state index contributed by atoms with van der Waals surface area (Å²) >= 11 is 0. The van der Waals surface area contributed by atoms with E-state index in [1.54, 1.807) is 24.3 Å². The van der Waals surface area contributed by atoms with Gasteiger partial charge in [0.2, 0.25) is 0 Å². The van der Waals surface area contributed by atoms with E-state index in [4.69, 9.17) is 4.42 Å². The summed E-state index contributed by atoms with van der Waals surface area (Å²) in [6.07, 6.45) is 0.298. The highest BCUT2D eigenvalue weighted by Crippen LogP contribution is 2.27. The predicted molar refractivity (Wildman–Crippen MR) is 114 cm³/mol. The van der Waals surface area contributed by atoms with E-state index in [0.717, 1.165) is 0 Å². The average Bonchev–Trinajstić information content (AvgIpc) is 3.38. The van der Waals surface area contributed by atoms with Crippen LogP contribution in [0.1, 0.15) is 22.5 Å². The Morgan fingerprint density at radius 1 is 1.09 bits per heavy atom. The SMILES string of the molecule is O=C(c1ccc([N+](=O)[O-])cc1)N(Cc1ccc(-c2ccc(F)cc2)o1)[C@H]1CCS(=O)(=O)C1. The molecular formula is C22H19FN2O6S. The molecule has 0 saturated carbocycles. The van der Waals surface area contributed by atoms with Crippen molar-refractivity contribution in [3.05, 3.63) is 87.9 Å². The molecule has 0 spiro atoms. The minimum atomic E-state index is -3.26. The maximum atomic E-state index is 13.2. The molecule has 1 aliphatic heterocycles. The number of rotatable bonds is 6. The first-order chi connectivity index (χ1) is 15.2. The molecule has 1 amide bonds. The third-order valence-electron chi connectivity index (χ3n) is 5.35. The van der Waals surface area contributed by atoms with Crippen LogP contribution in [0.25, 0.3) is 11.3 Å². The molecule has 2 aromatic carbocycles. The second-order valence-corrected chi connectivity index (χ2v) is 9.80. The largest absolute Gasteiger partial charge is 0.459 e. The number of nitrogens with zero attached hydrogens (tertiary/aromatic N) is 2. The van der Waals surface area contributed by atoms with Gasteiger partial charge in [0.05, 0.1) is 23.0 Å². The summed E-state index contributed by atoms with van der Waals surface area (Å²) < 4.78 is 43.1. The zero-order valence-electron chi connectivity index (χ0n) is 16.8. The molecule has 166 valence electrons. The Kier molecular flexibility index (Phi) is 5.79. The van der Waals surface area contributed by atoms with Gasteiger partial charge in [0.15, 0.2) is 9.84 Å². The smallest absolute Gasteiger partial charge is 0.269 e. The zero-order chi connectivity index (χ0) is 22.9. The van der Waals surface area contributed by atoms with Crippen molar-refractivity contribution in [2.24, 2.45) is 0 Å². The fourth-order valence-corrected chi connectivity index (χ4v) is 5.41. The Morgan fingerprint density at radius 3 is 2.38 bits per heavy atom. The number of carbonyl (C=O) groups excluding carboxylic acids is 1. The number of hydrogen-bond donors (Lipinski definition) is 0. The lowest BCUT2D eigenvalue weighted by Gasteiger charge is -2.27. The molecular weight excluding hydrogens is 439 g/mol. The lowest BCUT2D eigenvalue weighted by atomic mass is 10.1. The molecule has 0 radical (unpaired) electrons. The second kappa shape index (κ2) is 8.54. The molecule has 0 aliphatic carbocycles. The molecule has 1 aromatic heterocycles. The summed E-state index contributed by atoms with van der Waals surface area (Å²) in [5.74, 6) is -0.0620. The molecule has 10 heteroatoms. The van der Waals surface area contributed by atoms with Crippen LogP contribution in [0.15, 0.2) is 65.1 Å². The van der Waals surface area contributed by atoms with E-state index in [-0.39, 0.29) is 35.1 Å². The summed E-state index contributed by atoms with van der Waals surface area (Å²) in [6.45, 7) is 0.0250. The number of hydrogen-bond acceptors (Lipinski definition) is 6. The molecule has 0 N–H and O–H groups in total. The molecule has 32 heavy (non-hydrogen) atoms. The molecule has 0 unspecified atom stereocenters. The van der Waals surface area contributed by atoms with Gasteiger partial charge in [-0.25, -0.2) is 12.8 Å². The minimum Gasteiger partial charge on any atom is -0.459 e. The number of furan rings is 1. The number of amides is 1. The monoisotopic (exact) mass is 458 g/mol. The Labute approximate surface area is 183 Å². The van der Waals surface area contributed by atoms with Gasteiger partial charge in [-0.1, -0.05) is 0 Å². The van der Waals surface area contributed by atoms with Gasteiger partial charge in [0.25, 0.3) is 11.6 Å². The number of nitro benzene ring substituents is 1. The minimum absolute atomic E-state index is 0.0132. The predicted octanol–water partition coefficient (Wildman–Crippen LogP) is 3.82. The summed E-state index contributed by atoms with van der Waals surface area (Å²) in [5.41, 5.74) is 0.728. The Hall–Kier alpha value is -3.53. The average molecular weight is 458 g/mol. The quantitative estimate of drug-likeness (QED) is 0.410. The zero-order valence-corrected chi connectivity index (χ0v) is 17.6. The highest BCUT2D eigenvalue weighted by atomic mass is 32.2. The standard InChI is InChI=1S/C22H19FN2O6S/c23-17-5-1-15(2-6-17)21-10-9-20(31-21)13-24(19-11-12-32(29,30)14-19)22(26)16-3-7-18(8-4-16)25(27)28/h1-10,19H,11-14H2/t19-/m0/s1. The van der Waals surface area contributed by atoms with E-state index in [9.17, 15) is 27.7 Å². The maximum absolute atomic E-state index is 13.2. The lowest BCUT2D eigenvalue weighted by Crippen LogP contribution is -2.40. The van der Waals surface area contributed by atoms with Crippen LogP contribution in [-0.4, -0.2) is 41.7 Å². The summed E-state index contributed by atoms with van der Waals surface area (Å²) in [6, 6.07) is 13.8. The Morgan fingerprint density at radius 2 is 1.78 bits per heavy atom. The molecule has 8 nitrogen and oxygen atoms in total. The third-order valence-corrected chi connectivity index (χ3v) is 7.10. The molecule has 0 bridgehead atoms. The third kappa shape index (κ3) is 4.70. The van der Waals surface area contributed by atoms with Crippen LogP contribution in [-0.2, 0) is 16.4 Å². The summed E-state index contributed by atoms with van der Waals surface area (Å²) in [5, 5.41) is 10.9. The number of nitro groups is 1. The van der Waals surface area contributed by atoms with Crippen molar-refractivity contribution >= 4 is 21.4 Å². The topological polar surface area (TPSA) is 111 Å². The number of benzene rings is 2. The van der Waals surface area contributed by atoms with Gasteiger partial charge in [0.1, 0.15) is 17.3 Å². The van der Waals surface area contributed by atoms with Crippen LogP contribution in [0.4, 0.5) is 10.1 Å². The van der Waals surface area contributed by atoms with E-state index in [2.05, 4.69) is 0 Å². The molecule has 2 heterocycles. The number of carbonyl (C=O) groups is 1. The van der Waals surface area contributed by atoms with Crippen LogP contribution < -0.4 is 0 Å². The first-order valence-corrected chi connectivity index (χ1v) is 11.6. The fourth-order valence-electron chi connectivity index (χ4n) is 3.68. The van der Waals surface area contributed by atoms with Gasteiger partial charge < -0.3 is 9.32 Å². The van der Waals surface area contributed by atoms with Crippen LogP contribution in [0, 0.1) is 15.9 Å². The van der Waals surface area contributed by atoms with Crippen LogP contribution in [0.3, 0.4) is 0 Å². The molecule has 4 rings (SSSR count). The number of non-ortho nitro benzene ring substituents is 1. The highest BCUT2D eigenvalue weighted by molar-refractivity contribution is 7.91. The van der Waals surface area contributed by atoms with Crippen molar-refractivity contribution < 1.29 is 26.9 Å². The van der Waals surface area contributed by atoms with Crippen molar-refractivity contribution in [1.29, 1.82) is 0 Å². The van der Waals surface area contributed by atoms with Crippen molar-refractivity contribution in [3.8, 4) is 11.3 Å². The summed E-state index contributed by atoms with van der Waals surface area (Å²) in [7, 11) is -3.26. The molecule has 1 fully saturated rings. The van der Waals surface area contributed by atoms with E-state index >= 15 is 0 Å². The van der Waals surface area contributed by atoms with E-state index in [1.807, 2.05) is 0 Å². The Balaban J connectivity index is 1.61. The van der Waals surface area contributed by atoms with Gasteiger partial charge in [0, 0.05) is 29.3 Å². The van der Waals surface area contributed by atoms with Crippen LogP contribution in [0.5, 0.6) is 0 Å².